The monoisotopic (exact) mass is 527 g/mol. The van der Waals surface area contributed by atoms with Crippen LogP contribution in [0.25, 0.3) is 0 Å². The molecule has 204 valence electrons. The Morgan fingerprint density at radius 3 is 2.59 bits per heavy atom. The summed E-state index contributed by atoms with van der Waals surface area (Å²) in [6.07, 6.45) is 10.3. The number of rotatable bonds is 10. The van der Waals surface area contributed by atoms with E-state index in [9.17, 15) is 9.59 Å². The van der Waals surface area contributed by atoms with Crippen LogP contribution in [0.4, 0.5) is 17.1 Å². The van der Waals surface area contributed by atoms with E-state index in [1.165, 1.54) is 6.08 Å². The minimum Gasteiger partial charge on any atom is -0.397 e. The Morgan fingerprint density at radius 1 is 1.15 bits per heavy atom. The highest BCUT2D eigenvalue weighted by molar-refractivity contribution is 6.32. The van der Waals surface area contributed by atoms with Crippen molar-refractivity contribution in [3.8, 4) is 0 Å². The second-order valence-electron chi connectivity index (χ2n) is 10.1. The van der Waals surface area contributed by atoms with Gasteiger partial charge in [0.15, 0.2) is 0 Å². The van der Waals surface area contributed by atoms with Gasteiger partial charge >= 0.3 is 0 Å². The molecular weight excluding hydrogens is 489 g/mol. The maximum atomic E-state index is 13.5. The lowest BCUT2D eigenvalue weighted by Crippen LogP contribution is -2.47. The predicted octanol–water partition coefficient (Wildman–Crippen LogP) is 1.80. The zero-order chi connectivity index (χ0) is 27.6. The average Bonchev–Trinajstić information content (AvgIpc) is 2.95. The SMILES string of the molecule is Bc1ccc(NC(=O)C(C2=CCC(/C=C/C(=O)Nc3ccccc3N)C=C2)N(C)CCN2CCOCC2)cc1. The number of nitrogen functional groups attached to an aromatic ring is 1. The Kier molecular flexibility index (Phi) is 10.1. The summed E-state index contributed by atoms with van der Waals surface area (Å²) >= 11 is 0. The molecule has 2 unspecified atom stereocenters. The number of carbonyl (C=O) groups excluding carboxylic acids is 2. The summed E-state index contributed by atoms with van der Waals surface area (Å²) in [7, 11) is 4.02. The molecule has 1 heterocycles. The van der Waals surface area contributed by atoms with E-state index < -0.39 is 6.04 Å². The first-order valence-electron chi connectivity index (χ1n) is 13.5. The van der Waals surface area contributed by atoms with Crippen LogP contribution in [0.3, 0.4) is 0 Å². The largest absolute Gasteiger partial charge is 0.397 e. The normalized spacial score (nSPS) is 18.6. The van der Waals surface area contributed by atoms with E-state index in [0.717, 1.165) is 56.1 Å². The van der Waals surface area contributed by atoms with E-state index in [1.807, 2.05) is 63.4 Å². The molecule has 0 aromatic heterocycles. The van der Waals surface area contributed by atoms with Gasteiger partial charge in [0, 0.05) is 31.9 Å². The number of likely N-dealkylation sites (N-methyl/N-ethyl adjacent to an activating group) is 1. The molecule has 4 N–H and O–H groups in total. The van der Waals surface area contributed by atoms with Gasteiger partial charge in [-0.25, -0.2) is 0 Å². The number of anilines is 3. The van der Waals surface area contributed by atoms with Crippen molar-refractivity contribution in [2.75, 3.05) is 62.8 Å². The third-order valence-corrected chi connectivity index (χ3v) is 7.07. The lowest BCUT2D eigenvalue weighted by atomic mass is 9.91. The maximum Gasteiger partial charge on any atom is 0.248 e. The van der Waals surface area contributed by atoms with Crippen LogP contribution in [-0.4, -0.2) is 81.9 Å². The molecule has 39 heavy (non-hydrogen) atoms. The number of para-hydroxylation sites is 2. The second kappa shape index (κ2) is 13.9. The van der Waals surface area contributed by atoms with Gasteiger partial charge in [0.1, 0.15) is 13.9 Å². The van der Waals surface area contributed by atoms with Gasteiger partial charge in [-0.1, -0.05) is 54.0 Å². The number of morpholine rings is 1. The number of benzene rings is 2. The van der Waals surface area contributed by atoms with Crippen LogP contribution < -0.4 is 21.8 Å². The highest BCUT2D eigenvalue weighted by Gasteiger charge is 2.28. The molecule has 2 aliphatic rings. The molecule has 0 saturated carbocycles. The first-order valence-corrected chi connectivity index (χ1v) is 13.5. The molecule has 9 heteroatoms. The van der Waals surface area contributed by atoms with E-state index in [-0.39, 0.29) is 17.7 Å². The van der Waals surface area contributed by atoms with Crippen molar-refractivity contribution in [1.82, 2.24) is 9.80 Å². The number of nitrogens with two attached hydrogens (primary N) is 1. The highest BCUT2D eigenvalue weighted by Crippen LogP contribution is 2.24. The van der Waals surface area contributed by atoms with Crippen molar-refractivity contribution >= 4 is 42.2 Å². The van der Waals surface area contributed by atoms with Crippen LogP contribution in [-0.2, 0) is 14.3 Å². The summed E-state index contributed by atoms with van der Waals surface area (Å²) in [4.78, 5) is 30.4. The molecule has 0 spiro atoms. The Balaban J connectivity index is 1.40. The van der Waals surface area contributed by atoms with Crippen molar-refractivity contribution in [2.45, 2.75) is 12.5 Å². The Morgan fingerprint density at radius 2 is 1.90 bits per heavy atom. The molecule has 2 aromatic rings. The van der Waals surface area contributed by atoms with Gasteiger partial charge in [-0.05, 0) is 55.3 Å². The summed E-state index contributed by atoms with van der Waals surface area (Å²) in [5, 5.41) is 5.91. The molecule has 4 rings (SSSR count). The number of nitrogens with one attached hydrogen (secondary N) is 2. The average molecular weight is 527 g/mol. The zero-order valence-corrected chi connectivity index (χ0v) is 22.8. The molecule has 1 fully saturated rings. The molecule has 1 saturated heterocycles. The quantitative estimate of drug-likeness (QED) is 0.248. The standard InChI is InChI=1S/C30H38BN5O3/c1-35(16-17-36-18-20-39-21-19-36)29(30(38)33-25-13-11-24(31)12-14-25)23-9-6-22(7-10-23)8-15-28(37)34-27-5-3-2-4-26(27)32/h2-6,8-15,22,29H,7,16-21,31-32H2,1H3,(H,33,38)(H,34,37)/b15-8+. The van der Waals surface area contributed by atoms with Crippen molar-refractivity contribution in [1.29, 1.82) is 0 Å². The first-order chi connectivity index (χ1) is 18.9. The molecule has 0 radical (unpaired) electrons. The van der Waals surface area contributed by atoms with Crippen LogP contribution >= 0.6 is 0 Å². The second-order valence-corrected chi connectivity index (χ2v) is 10.1. The minimum absolute atomic E-state index is 0.0620. The summed E-state index contributed by atoms with van der Waals surface area (Å²) in [5.41, 5.74) is 9.91. The fourth-order valence-corrected chi connectivity index (χ4v) is 4.70. The van der Waals surface area contributed by atoms with E-state index in [0.29, 0.717) is 17.8 Å². The molecule has 2 atom stereocenters. The van der Waals surface area contributed by atoms with E-state index in [1.54, 1.807) is 12.1 Å². The lowest BCUT2D eigenvalue weighted by molar-refractivity contribution is -0.119. The number of nitrogens with zero attached hydrogens (tertiary/aromatic N) is 2. The van der Waals surface area contributed by atoms with Crippen LogP contribution in [0.5, 0.6) is 0 Å². The van der Waals surface area contributed by atoms with Gasteiger partial charge in [0.2, 0.25) is 11.8 Å². The van der Waals surface area contributed by atoms with Crippen LogP contribution in [0.2, 0.25) is 0 Å². The van der Waals surface area contributed by atoms with Crippen molar-refractivity contribution in [3.05, 3.63) is 84.5 Å². The third kappa shape index (κ3) is 8.41. The van der Waals surface area contributed by atoms with Crippen molar-refractivity contribution < 1.29 is 14.3 Å². The van der Waals surface area contributed by atoms with E-state index in [2.05, 4.69) is 32.6 Å². The molecule has 2 aromatic carbocycles. The fraction of sp³-hybridized carbons (Fsp3) is 0.333. The summed E-state index contributed by atoms with van der Waals surface area (Å²) < 4.78 is 5.47. The van der Waals surface area contributed by atoms with Gasteiger partial charge in [0.25, 0.3) is 0 Å². The van der Waals surface area contributed by atoms with Crippen LogP contribution in [0, 0.1) is 5.92 Å². The number of amides is 2. The van der Waals surface area contributed by atoms with Gasteiger partial charge in [-0.15, -0.1) is 0 Å². The summed E-state index contributed by atoms with van der Waals surface area (Å²) in [6.45, 7) is 4.95. The summed E-state index contributed by atoms with van der Waals surface area (Å²) in [5.74, 6) is -0.227. The number of ether oxygens (including phenoxy) is 1. The topological polar surface area (TPSA) is 99.9 Å². The first kappa shape index (κ1) is 28.4. The number of hydrogen-bond donors (Lipinski definition) is 3. The molecule has 2 amide bonds. The summed E-state index contributed by atoms with van der Waals surface area (Å²) in [6, 6.07) is 14.6. The maximum absolute atomic E-state index is 13.5. The molecule has 0 bridgehead atoms. The van der Waals surface area contributed by atoms with Crippen LogP contribution in [0.15, 0.2) is 84.5 Å². The predicted molar refractivity (Wildman–Crippen MR) is 161 cm³/mol. The van der Waals surface area contributed by atoms with Crippen molar-refractivity contribution in [2.24, 2.45) is 5.92 Å². The number of hydrogen-bond acceptors (Lipinski definition) is 6. The Labute approximate surface area is 232 Å². The molecule has 1 aliphatic heterocycles. The fourth-order valence-electron chi connectivity index (χ4n) is 4.70. The van der Waals surface area contributed by atoms with E-state index in [4.69, 9.17) is 10.5 Å². The van der Waals surface area contributed by atoms with Gasteiger partial charge in [0.05, 0.1) is 24.6 Å². The van der Waals surface area contributed by atoms with Crippen molar-refractivity contribution in [3.63, 3.8) is 0 Å². The van der Waals surface area contributed by atoms with Gasteiger partial charge in [-0.2, -0.15) is 0 Å². The number of allylic oxidation sites excluding steroid dienone is 3. The molecule has 8 nitrogen and oxygen atoms in total. The van der Waals surface area contributed by atoms with Gasteiger partial charge < -0.3 is 21.1 Å². The number of carbonyl (C=O) groups is 2. The minimum atomic E-state index is -0.433. The lowest BCUT2D eigenvalue weighted by Gasteiger charge is -2.33. The highest BCUT2D eigenvalue weighted by atomic mass is 16.5. The Bertz CT molecular complexity index is 1220. The smallest absolute Gasteiger partial charge is 0.248 e. The third-order valence-electron chi connectivity index (χ3n) is 7.07. The Hall–Kier alpha value is -3.66. The van der Waals surface area contributed by atoms with Gasteiger partial charge in [-0.3, -0.25) is 19.4 Å². The van der Waals surface area contributed by atoms with Crippen LogP contribution in [0.1, 0.15) is 6.42 Å². The zero-order valence-electron chi connectivity index (χ0n) is 22.8. The molecular formula is C30H38BN5O3. The molecule has 1 aliphatic carbocycles. The van der Waals surface area contributed by atoms with E-state index >= 15 is 0 Å².